The van der Waals surface area contributed by atoms with E-state index in [1.807, 2.05) is 0 Å². The number of nitrogens with zero attached hydrogens (tertiary/aromatic N) is 3. The fourth-order valence-corrected chi connectivity index (χ4v) is 1.87. The fraction of sp³-hybridized carbons (Fsp3) is 0.917. The summed E-state index contributed by atoms with van der Waals surface area (Å²) in [5, 5.41) is 0. The second kappa shape index (κ2) is 7.55. The molecule has 0 amide bonds. The van der Waals surface area contributed by atoms with E-state index in [1.165, 1.54) is 18.8 Å². The van der Waals surface area contributed by atoms with Crippen molar-refractivity contribution in [3.63, 3.8) is 0 Å². The first kappa shape index (κ1) is 14.3. The molecule has 0 saturated heterocycles. The van der Waals surface area contributed by atoms with Gasteiger partial charge in [-0.1, -0.05) is 13.3 Å². The van der Waals surface area contributed by atoms with Gasteiger partial charge in [0.2, 0.25) is 0 Å². The van der Waals surface area contributed by atoms with Crippen LogP contribution in [0.5, 0.6) is 0 Å². The van der Waals surface area contributed by atoms with Gasteiger partial charge in [0.1, 0.15) is 0 Å². The zero-order chi connectivity index (χ0) is 11.8. The molecule has 0 fully saturated rings. The van der Waals surface area contributed by atoms with Crippen LogP contribution in [0.15, 0.2) is 0 Å². The summed E-state index contributed by atoms with van der Waals surface area (Å²) in [5.74, 6) is 1.33. The summed E-state index contributed by atoms with van der Waals surface area (Å²) in [4.78, 5) is 4.76. The molecule has 0 aromatic carbocycles. The maximum atomic E-state index is 2.40. The Labute approximate surface area is 95.4 Å². The highest BCUT2D eigenvalue weighted by Gasteiger charge is 2.21. The van der Waals surface area contributed by atoms with Gasteiger partial charge >= 0.3 is 5.96 Å². The highest BCUT2D eigenvalue weighted by Crippen LogP contribution is 1.99. The topological polar surface area (TPSA) is 9.49 Å². The molecule has 0 saturated carbocycles. The summed E-state index contributed by atoms with van der Waals surface area (Å²) in [6.07, 6.45) is 2.51. The van der Waals surface area contributed by atoms with Gasteiger partial charge in [-0.25, -0.2) is 0 Å². The van der Waals surface area contributed by atoms with E-state index in [0.717, 1.165) is 19.6 Å². The van der Waals surface area contributed by atoms with E-state index in [9.17, 15) is 0 Å². The van der Waals surface area contributed by atoms with E-state index in [0.29, 0.717) is 0 Å². The lowest BCUT2D eigenvalue weighted by Crippen LogP contribution is -2.47. The minimum Gasteiger partial charge on any atom is -0.270 e. The molecule has 0 aliphatic heterocycles. The summed E-state index contributed by atoms with van der Waals surface area (Å²) >= 11 is 0. The molecule has 3 heteroatoms. The molecule has 0 aromatic rings. The maximum Gasteiger partial charge on any atom is 0.349 e. The Balaban J connectivity index is 4.59. The molecule has 0 unspecified atom stereocenters. The molecule has 0 rings (SSSR count). The average molecular weight is 214 g/mol. The van der Waals surface area contributed by atoms with Gasteiger partial charge in [0.25, 0.3) is 0 Å². The van der Waals surface area contributed by atoms with Crippen molar-refractivity contribution in [2.45, 2.75) is 33.6 Å². The van der Waals surface area contributed by atoms with Crippen LogP contribution in [-0.2, 0) is 0 Å². The second-order valence-corrected chi connectivity index (χ2v) is 4.14. The Hall–Kier alpha value is -0.730. The van der Waals surface area contributed by atoms with E-state index < -0.39 is 0 Å². The van der Waals surface area contributed by atoms with E-state index in [2.05, 4.69) is 56.3 Å². The zero-order valence-electron chi connectivity index (χ0n) is 11.4. The van der Waals surface area contributed by atoms with Crippen molar-refractivity contribution in [2.24, 2.45) is 0 Å². The van der Waals surface area contributed by atoms with Crippen LogP contribution in [0.25, 0.3) is 0 Å². The number of unbranched alkanes of at least 4 members (excludes halogenated alkanes) is 1. The zero-order valence-corrected chi connectivity index (χ0v) is 11.4. The van der Waals surface area contributed by atoms with Crippen LogP contribution < -0.4 is 0 Å². The SMILES string of the molecule is CCCCN(C)C(N(CC)CC)=[N+](C)C. The molecule has 0 spiro atoms. The molecule has 0 aliphatic carbocycles. The second-order valence-electron chi connectivity index (χ2n) is 4.14. The molecule has 0 N–H and O–H groups in total. The third-order valence-corrected chi connectivity index (χ3v) is 2.63. The third kappa shape index (κ3) is 4.54. The highest BCUT2D eigenvalue weighted by atomic mass is 15.4. The molecule has 0 aliphatic rings. The van der Waals surface area contributed by atoms with E-state index >= 15 is 0 Å². The number of guanidine groups is 1. The van der Waals surface area contributed by atoms with Crippen molar-refractivity contribution < 1.29 is 4.58 Å². The third-order valence-electron chi connectivity index (χ3n) is 2.63. The summed E-state index contributed by atoms with van der Waals surface area (Å²) < 4.78 is 2.21. The van der Waals surface area contributed by atoms with E-state index in [4.69, 9.17) is 0 Å². The van der Waals surface area contributed by atoms with Crippen molar-refractivity contribution in [1.82, 2.24) is 9.80 Å². The summed E-state index contributed by atoms with van der Waals surface area (Å²) in [7, 11) is 6.43. The molecule has 3 nitrogen and oxygen atoms in total. The van der Waals surface area contributed by atoms with Gasteiger partial charge in [-0.15, -0.1) is 0 Å². The minimum atomic E-state index is 1.07. The van der Waals surface area contributed by atoms with Gasteiger partial charge in [-0.3, -0.25) is 14.4 Å². The Morgan fingerprint density at radius 2 is 1.60 bits per heavy atom. The number of hydrogen-bond donors (Lipinski definition) is 0. The molecule has 90 valence electrons. The van der Waals surface area contributed by atoms with Crippen LogP contribution in [0.3, 0.4) is 0 Å². The molecule has 0 atom stereocenters. The van der Waals surface area contributed by atoms with Gasteiger partial charge in [-0.2, -0.15) is 0 Å². The quantitative estimate of drug-likeness (QED) is 0.391. The first-order valence-electron chi connectivity index (χ1n) is 6.08. The number of rotatable bonds is 5. The first-order chi connectivity index (χ1) is 7.08. The minimum absolute atomic E-state index is 1.07. The van der Waals surface area contributed by atoms with Crippen LogP contribution in [-0.4, -0.2) is 61.1 Å². The summed E-state index contributed by atoms with van der Waals surface area (Å²) in [5.41, 5.74) is 0. The standard InChI is InChI=1S/C12H28N3/c1-7-10-11-14(6)12(13(4)5)15(8-2)9-3/h7-11H2,1-6H3/q+1. The largest absolute Gasteiger partial charge is 0.349 e. The van der Waals surface area contributed by atoms with Crippen molar-refractivity contribution in [3.8, 4) is 0 Å². The lowest BCUT2D eigenvalue weighted by atomic mass is 10.3. The van der Waals surface area contributed by atoms with Crippen LogP contribution in [0.1, 0.15) is 33.6 Å². The molecular weight excluding hydrogens is 186 g/mol. The van der Waals surface area contributed by atoms with Crippen LogP contribution in [0.4, 0.5) is 0 Å². The average Bonchev–Trinajstić information content (AvgIpc) is 2.21. The van der Waals surface area contributed by atoms with Gasteiger partial charge < -0.3 is 0 Å². The smallest absolute Gasteiger partial charge is 0.270 e. The fourth-order valence-electron chi connectivity index (χ4n) is 1.87. The van der Waals surface area contributed by atoms with Gasteiger partial charge in [0.15, 0.2) is 0 Å². The Bertz CT molecular complexity index is 191. The summed E-state index contributed by atoms with van der Waals surface area (Å²) in [6.45, 7) is 9.93. The molecule has 0 bridgehead atoms. The predicted molar refractivity (Wildman–Crippen MR) is 67.6 cm³/mol. The van der Waals surface area contributed by atoms with Crippen molar-refractivity contribution in [1.29, 1.82) is 0 Å². The monoisotopic (exact) mass is 214 g/mol. The van der Waals surface area contributed by atoms with Crippen LogP contribution >= 0.6 is 0 Å². The summed E-state index contributed by atoms with van der Waals surface area (Å²) in [6, 6.07) is 0. The van der Waals surface area contributed by atoms with Crippen molar-refractivity contribution >= 4 is 5.96 Å². The van der Waals surface area contributed by atoms with Crippen molar-refractivity contribution in [3.05, 3.63) is 0 Å². The Morgan fingerprint density at radius 3 is 1.93 bits per heavy atom. The van der Waals surface area contributed by atoms with Crippen molar-refractivity contribution in [2.75, 3.05) is 40.8 Å². The first-order valence-corrected chi connectivity index (χ1v) is 6.08. The molecule has 15 heavy (non-hydrogen) atoms. The van der Waals surface area contributed by atoms with E-state index in [-0.39, 0.29) is 0 Å². The lowest BCUT2D eigenvalue weighted by Gasteiger charge is -2.25. The Kier molecular flexibility index (Phi) is 7.18. The molecule has 0 radical (unpaired) electrons. The number of hydrogen-bond acceptors (Lipinski definition) is 0. The van der Waals surface area contributed by atoms with Gasteiger partial charge in [-0.05, 0) is 20.3 Å². The molecule has 0 heterocycles. The van der Waals surface area contributed by atoms with Gasteiger partial charge in [0, 0.05) is 0 Å². The predicted octanol–water partition coefficient (Wildman–Crippen LogP) is 1.69. The van der Waals surface area contributed by atoms with Gasteiger partial charge in [0.05, 0.1) is 40.8 Å². The van der Waals surface area contributed by atoms with Crippen LogP contribution in [0.2, 0.25) is 0 Å². The lowest BCUT2D eigenvalue weighted by molar-refractivity contribution is -0.476. The molecular formula is C12H28N3+. The molecule has 0 aromatic heterocycles. The van der Waals surface area contributed by atoms with E-state index in [1.54, 1.807) is 0 Å². The van der Waals surface area contributed by atoms with Crippen LogP contribution in [0, 0.1) is 0 Å². The maximum absolute atomic E-state index is 2.40. The Morgan fingerprint density at radius 1 is 1.07 bits per heavy atom. The highest BCUT2D eigenvalue weighted by molar-refractivity contribution is 5.74. The normalized spacial score (nSPS) is 10.0.